The summed E-state index contributed by atoms with van der Waals surface area (Å²) in [5.41, 5.74) is 12.2. The van der Waals surface area contributed by atoms with Gasteiger partial charge in [0.05, 0.1) is 0 Å². The van der Waals surface area contributed by atoms with Crippen LogP contribution >= 0.6 is 0 Å². The number of benzene rings is 3. The molecule has 1 heterocycles. The van der Waals surface area contributed by atoms with Crippen molar-refractivity contribution in [2.24, 2.45) is 0 Å². The van der Waals surface area contributed by atoms with E-state index in [0.717, 1.165) is 53.1 Å². The zero-order valence-electron chi connectivity index (χ0n) is 18.7. The predicted octanol–water partition coefficient (Wildman–Crippen LogP) is 5.80. The molecule has 0 saturated carbocycles. The molecule has 33 heavy (non-hydrogen) atoms. The number of aromatic nitrogens is 1. The molecule has 0 aliphatic carbocycles. The first-order valence-electron chi connectivity index (χ1n) is 11.2. The van der Waals surface area contributed by atoms with Crippen molar-refractivity contribution in [1.29, 1.82) is 0 Å². The highest BCUT2D eigenvalue weighted by atomic mass is 16.1. The molecular weight excluding hydrogens is 408 g/mol. The van der Waals surface area contributed by atoms with E-state index in [1.807, 2.05) is 78.9 Å². The number of nitrogens with zero attached hydrogens (tertiary/aromatic N) is 1. The van der Waals surface area contributed by atoms with Crippen LogP contribution in [0.5, 0.6) is 0 Å². The van der Waals surface area contributed by atoms with Gasteiger partial charge in [0.2, 0.25) is 0 Å². The summed E-state index contributed by atoms with van der Waals surface area (Å²) in [5.74, 6) is 0.421. The van der Waals surface area contributed by atoms with Gasteiger partial charge in [0, 0.05) is 35.6 Å². The zero-order valence-corrected chi connectivity index (χ0v) is 18.7. The first-order valence-corrected chi connectivity index (χ1v) is 11.2. The Labute approximate surface area is 194 Å². The SMILES string of the molecule is CCc1ccc(-c2ccccc2)c(C(=O)Nc2ccc(NCCc3cccc(N)n3)cc2)c1. The molecule has 1 amide bonds. The van der Waals surface area contributed by atoms with Gasteiger partial charge in [-0.15, -0.1) is 0 Å². The van der Waals surface area contributed by atoms with E-state index < -0.39 is 0 Å². The van der Waals surface area contributed by atoms with E-state index in [1.165, 1.54) is 0 Å². The van der Waals surface area contributed by atoms with Gasteiger partial charge in [0.25, 0.3) is 5.91 Å². The number of hydrogen-bond donors (Lipinski definition) is 3. The van der Waals surface area contributed by atoms with E-state index >= 15 is 0 Å². The number of nitrogens with one attached hydrogen (secondary N) is 2. The Hall–Kier alpha value is -4.12. The highest BCUT2D eigenvalue weighted by molar-refractivity contribution is 6.09. The van der Waals surface area contributed by atoms with Gasteiger partial charge in [-0.1, -0.05) is 55.5 Å². The average molecular weight is 437 g/mol. The number of nitrogens with two attached hydrogens (primary N) is 1. The Morgan fingerprint density at radius 3 is 2.36 bits per heavy atom. The fraction of sp³-hybridized carbons (Fsp3) is 0.143. The second-order valence-electron chi connectivity index (χ2n) is 7.86. The van der Waals surface area contributed by atoms with Crippen LogP contribution in [0.1, 0.15) is 28.5 Å². The van der Waals surface area contributed by atoms with Gasteiger partial charge < -0.3 is 16.4 Å². The lowest BCUT2D eigenvalue weighted by molar-refractivity contribution is 0.102. The summed E-state index contributed by atoms with van der Waals surface area (Å²) in [6.07, 6.45) is 1.65. The molecule has 166 valence electrons. The number of pyridine rings is 1. The van der Waals surface area contributed by atoms with Crippen molar-refractivity contribution in [3.63, 3.8) is 0 Å². The van der Waals surface area contributed by atoms with Crippen LogP contribution in [-0.2, 0) is 12.8 Å². The van der Waals surface area contributed by atoms with Crippen molar-refractivity contribution in [3.05, 3.63) is 108 Å². The number of anilines is 3. The highest BCUT2D eigenvalue weighted by Crippen LogP contribution is 2.26. The van der Waals surface area contributed by atoms with E-state index in [0.29, 0.717) is 11.4 Å². The van der Waals surface area contributed by atoms with Gasteiger partial charge in [-0.2, -0.15) is 0 Å². The number of rotatable bonds is 8. The van der Waals surface area contributed by atoms with Crippen LogP contribution in [0.3, 0.4) is 0 Å². The third-order valence-corrected chi connectivity index (χ3v) is 5.50. The zero-order chi connectivity index (χ0) is 23.0. The lowest BCUT2D eigenvalue weighted by Crippen LogP contribution is -2.14. The maximum atomic E-state index is 13.2. The summed E-state index contributed by atoms with van der Waals surface area (Å²) >= 11 is 0. The molecule has 0 atom stereocenters. The van der Waals surface area contributed by atoms with Crippen LogP contribution < -0.4 is 16.4 Å². The molecule has 4 N–H and O–H groups in total. The Balaban J connectivity index is 1.42. The third kappa shape index (κ3) is 5.77. The van der Waals surface area contributed by atoms with Crippen LogP contribution in [0, 0.1) is 0 Å². The molecule has 0 spiro atoms. The fourth-order valence-electron chi connectivity index (χ4n) is 3.71. The molecule has 0 saturated heterocycles. The van der Waals surface area contributed by atoms with Crippen molar-refractivity contribution < 1.29 is 4.79 Å². The summed E-state index contributed by atoms with van der Waals surface area (Å²) < 4.78 is 0. The fourth-order valence-corrected chi connectivity index (χ4v) is 3.71. The molecule has 3 aromatic carbocycles. The van der Waals surface area contributed by atoms with Crippen LogP contribution in [0.4, 0.5) is 17.2 Å². The number of aryl methyl sites for hydroxylation is 1. The normalized spacial score (nSPS) is 10.6. The minimum absolute atomic E-state index is 0.113. The Kier molecular flexibility index (Phi) is 7.00. The summed E-state index contributed by atoms with van der Waals surface area (Å²) in [5, 5.41) is 6.42. The first kappa shape index (κ1) is 22.1. The maximum Gasteiger partial charge on any atom is 0.256 e. The lowest BCUT2D eigenvalue weighted by atomic mass is 9.96. The molecule has 0 fully saturated rings. The first-order chi connectivity index (χ1) is 16.1. The Bertz CT molecular complexity index is 1220. The number of nitrogen functional groups attached to an aromatic ring is 1. The van der Waals surface area contributed by atoms with Crippen LogP contribution in [0.2, 0.25) is 0 Å². The molecule has 4 aromatic rings. The van der Waals surface area contributed by atoms with Crippen molar-refractivity contribution >= 4 is 23.1 Å². The number of hydrogen-bond acceptors (Lipinski definition) is 4. The van der Waals surface area contributed by atoms with E-state index in [9.17, 15) is 4.79 Å². The standard InChI is InChI=1S/C28H28N4O/c1-2-20-11-16-25(21-7-4-3-5-8-21)26(19-20)28(33)32-24-14-12-22(13-15-24)30-18-17-23-9-6-10-27(29)31-23/h3-16,19,30H,2,17-18H2,1H3,(H2,29,31)(H,32,33). The van der Waals surface area contributed by atoms with Gasteiger partial charge in [0.15, 0.2) is 0 Å². The van der Waals surface area contributed by atoms with Crippen LogP contribution in [0.25, 0.3) is 11.1 Å². The minimum Gasteiger partial charge on any atom is -0.385 e. The molecule has 0 radical (unpaired) electrons. The molecule has 5 heteroatoms. The quantitative estimate of drug-likeness (QED) is 0.326. The maximum absolute atomic E-state index is 13.2. The number of carbonyl (C=O) groups excluding carboxylic acids is 1. The van der Waals surface area contributed by atoms with Gasteiger partial charge in [-0.3, -0.25) is 4.79 Å². The van der Waals surface area contributed by atoms with Crippen LogP contribution in [-0.4, -0.2) is 17.4 Å². The Morgan fingerprint density at radius 1 is 0.879 bits per heavy atom. The number of carbonyl (C=O) groups is 1. The van der Waals surface area contributed by atoms with Gasteiger partial charge in [0.1, 0.15) is 5.82 Å². The van der Waals surface area contributed by atoms with Crippen LogP contribution in [0.15, 0.2) is 91.0 Å². The molecule has 0 aliphatic rings. The van der Waals surface area contributed by atoms with Crippen molar-refractivity contribution in [2.75, 3.05) is 22.9 Å². The van der Waals surface area contributed by atoms with Crippen molar-refractivity contribution in [2.45, 2.75) is 19.8 Å². The molecule has 1 aromatic heterocycles. The number of amides is 1. The summed E-state index contributed by atoms with van der Waals surface area (Å²) in [4.78, 5) is 17.5. The molecule has 0 aliphatic heterocycles. The second-order valence-corrected chi connectivity index (χ2v) is 7.86. The summed E-state index contributed by atoms with van der Waals surface area (Å²) in [7, 11) is 0. The highest BCUT2D eigenvalue weighted by Gasteiger charge is 2.14. The summed E-state index contributed by atoms with van der Waals surface area (Å²) in [6.45, 7) is 2.83. The van der Waals surface area contributed by atoms with Gasteiger partial charge >= 0.3 is 0 Å². The molecule has 5 nitrogen and oxygen atoms in total. The second kappa shape index (κ2) is 10.5. The Morgan fingerprint density at radius 2 is 1.64 bits per heavy atom. The topological polar surface area (TPSA) is 80.0 Å². The van der Waals surface area contributed by atoms with Gasteiger partial charge in [-0.25, -0.2) is 4.98 Å². The molecule has 0 bridgehead atoms. The molecular formula is C28H28N4O. The molecule has 4 rings (SSSR count). The third-order valence-electron chi connectivity index (χ3n) is 5.50. The smallest absolute Gasteiger partial charge is 0.256 e. The van der Waals surface area contributed by atoms with Crippen molar-refractivity contribution in [1.82, 2.24) is 4.98 Å². The van der Waals surface area contributed by atoms with E-state index in [-0.39, 0.29) is 5.91 Å². The van der Waals surface area contributed by atoms with E-state index in [4.69, 9.17) is 5.73 Å². The monoisotopic (exact) mass is 436 g/mol. The van der Waals surface area contributed by atoms with Crippen molar-refractivity contribution in [3.8, 4) is 11.1 Å². The van der Waals surface area contributed by atoms with E-state index in [1.54, 1.807) is 6.07 Å². The lowest BCUT2D eigenvalue weighted by Gasteiger charge is -2.13. The van der Waals surface area contributed by atoms with Gasteiger partial charge in [-0.05, 0) is 65.6 Å². The average Bonchev–Trinajstić information content (AvgIpc) is 2.85. The summed E-state index contributed by atoms with van der Waals surface area (Å²) in [6, 6.07) is 29.5. The predicted molar refractivity (Wildman–Crippen MR) is 136 cm³/mol. The largest absolute Gasteiger partial charge is 0.385 e. The molecule has 0 unspecified atom stereocenters. The van der Waals surface area contributed by atoms with E-state index in [2.05, 4.69) is 28.6 Å². The minimum atomic E-state index is -0.113.